The number of carboxylic acids is 1. The van der Waals surface area contributed by atoms with Crippen molar-refractivity contribution in [2.45, 2.75) is 39.0 Å². The molecule has 0 aromatic rings. The molecule has 0 radical (unpaired) electrons. The molecule has 4 heteroatoms. The molecule has 1 heterocycles. The van der Waals surface area contributed by atoms with Crippen LogP contribution in [0.3, 0.4) is 0 Å². The lowest BCUT2D eigenvalue weighted by atomic mass is 9.82. The minimum absolute atomic E-state index is 0.0237. The van der Waals surface area contributed by atoms with Crippen molar-refractivity contribution in [3.8, 4) is 0 Å². The maximum Gasteiger partial charge on any atom is 0.308 e. The van der Waals surface area contributed by atoms with Crippen molar-refractivity contribution in [3.63, 3.8) is 0 Å². The maximum atomic E-state index is 11.7. The zero-order valence-electron chi connectivity index (χ0n) is 10.4. The molecule has 1 N–H and O–H groups in total. The molecular weight excluding hydrogens is 218 g/mol. The van der Waals surface area contributed by atoms with Gasteiger partial charge in [0.25, 0.3) is 0 Å². The Hall–Kier alpha value is -1.06. The van der Waals surface area contributed by atoms with E-state index in [1.54, 1.807) is 4.90 Å². The highest BCUT2D eigenvalue weighted by Crippen LogP contribution is 2.30. The summed E-state index contributed by atoms with van der Waals surface area (Å²) in [5.41, 5.74) is 0. The summed E-state index contributed by atoms with van der Waals surface area (Å²) >= 11 is 0. The van der Waals surface area contributed by atoms with E-state index in [1.807, 2.05) is 0 Å². The smallest absolute Gasteiger partial charge is 0.308 e. The number of hydrogen-bond acceptors (Lipinski definition) is 2. The molecule has 3 atom stereocenters. The Morgan fingerprint density at radius 3 is 2.82 bits per heavy atom. The van der Waals surface area contributed by atoms with Gasteiger partial charge in [-0.3, -0.25) is 9.59 Å². The molecule has 0 spiro atoms. The number of nitrogens with zero attached hydrogens (tertiary/aromatic N) is 1. The topological polar surface area (TPSA) is 57.6 Å². The van der Waals surface area contributed by atoms with Crippen LogP contribution in [0.25, 0.3) is 0 Å². The maximum absolute atomic E-state index is 11.7. The molecule has 1 aliphatic carbocycles. The van der Waals surface area contributed by atoms with Crippen LogP contribution >= 0.6 is 0 Å². The summed E-state index contributed by atoms with van der Waals surface area (Å²) in [5.74, 6) is 0.0361. The number of hydrogen-bond donors (Lipinski definition) is 1. The molecule has 2 fully saturated rings. The first-order chi connectivity index (χ1) is 8.06. The predicted octanol–water partition coefficient (Wildman–Crippen LogP) is 1.75. The lowest BCUT2D eigenvalue weighted by Gasteiger charge is -2.30. The van der Waals surface area contributed by atoms with Crippen LogP contribution in [0.5, 0.6) is 0 Å². The lowest BCUT2D eigenvalue weighted by molar-refractivity contribution is -0.141. The van der Waals surface area contributed by atoms with E-state index in [2.05, 4.69) is 6.92 Å². The normalized spacial score (nSPS) is 34.1. The summed E-state index contributed by atoms with van der Waals surface area (Å²) in [7, 11) is 0. The fourth-order valence-corrected chi connectivity index (χ4v) is 3.15. The van der Waals surface area contributed by atoms with Crippen molar-refractivity contribution in [2.75, 3.05) is 13.1 Å². The average molecular weight is 239 g/mol. The van der Waals surface area contributed by atoms with Crippen molar-refractivity contribution in [1.29, 1.82) is 0 Å². The number of rotatable bonds is 3. The van der Waals surface area contributed by atoms with Gasteiger partial charge >= 0.3 is 5.97 Å². The molecule has 96 valence electrons. The number of amides is 1. The van der Waals surface area contributed by atoms with Crippen LogP contribution in [-0.2, 0) is 9.59 Å². The van der Waals surface area contributed by atoms with Gasteiger partial charge in [-0.05, 0) is 24.7 Å². The molecule has 17 heavy (non-hydrogen) atoms. The highest BCUT2D eigenvalue weighted by Gasteiger charge is 2.35. The van der Waals surface area contributed by atoms with Gasteiger partial charge < -0.3 is 10.0 Å². The minimum Gasteiger partial charge on any atom is -0.481 e. The monoisotopic (exact) mass is 239 g/mol. The standard InChI is InChI=1S/C13H21NO3/c1-9-3-2-4-10(5-9)7-14-8-11(13(16)17)6-12(14)15/h9-11H,2-8H2,1H3,(H,16,17). The zero-order valence-corrected chi connectivity index (χ0v) is 10.4. The van der Waals surface area contributed by atoms with E-state index in [9.17, 15) is 9.59 Å². The van der Waals surface area contributed by atoms with E-state index in [4.69, 9.17) is 5.11 Å². The molecule has 2 rings (SSSR count). The number of carboxylic acid groups (broad SMARTS) is 1. The van der Waals surface area contributed by atoms with Crippen molar-refractivity contribution >= 4 is 11.9 Å². The van der Waals surface area contributed by atoms with Crippen LogP contribution in [0, 0.1) is 17.8 Å². The van der Waals surface area contributed by atoms with Gasteiger partial charge in [-0.1, -0.05) is 19.8 Å². The van der Waals surface area contributed by atoms with Crippen LogP contribution in [0.4, 0.5) is 0 Å². The van der Waals surface area contributed by atoms with Gasteiger partial charge in [0.1, 0.15) is 0 Å². The highest BCUT2D eigenvalue weighted by atomic mass is 16.4. The van der Waals surface area contributed by atoms with Crippen molar-refractivity contribution < 1.29 is 14.7 Å². The fraction of sp³-hybridized carbons (Fsp3) is 0.846. The Kier molecular flexibility index (Phi) is 3.69. The number of aliphatic carboxylic acids is 1. The predicted molar refractivity (Wildman–Crippen MR) is 63.4 cm³/mol. The Balaban J connectivity index is 1.86. The molecule has 1 aliphatic heterocycles. The van der Waals surface area contributed by atoms with E-state index < -0.39 is 11.9 Å². The Morgan fingerprint density at radius 1 is 1.47 bits per heavy atom. The number of likely N-dealkylation sites (tertiary alicyclic amines) is 1. The largest absolute Gasteiger partial charge is 0.481 e. The Labute approximate surface area is 102 Å². The van der Waals surface area contributed by atoms with Gasteiger partial charge in [0.2, 0.25) is 5.91 Å². The Bertz CT molecular complexity index is 316. The summed E-state index contributed by atoms with van der Waals surface area (Å²) in [6.45, 7) is 3.45. The molecule has 1 amide bonds. The molecule has 2 aliphatic rings. The van der Waals surface area contributed by atoms with E-state index in [-0.39, 0.29) is 12.3 Å². The molecular formula is C13H21NO3. The first kappa shape index (κ1) is 12.4. The first-order valence-electron chi connectivity index (χ1n) is 6.57. The third-order valence-electron chi connectivity index (χ3n) is 4.09. The quantitative estimate of drug-likeness (QED) is 0.816. The van der Waals surface area contributed by atoms with E-state index in [1.165, 1.54) is 25.7 Å². The van der Waals surface area contributed by atoms with E-state index >= 15 is 0 Å². The molecule has 1 saturated carbocycles. The van der Waals surface area contributed by atoms with Crippen molar-refractivity contribution in [2.24, 2.45) is 17.8 Å². The van der Waals surface area contributed by atoms with E-state index in [0.29, 0.717) is 12.5 Å². The third kappa shape index (κ3) is 2.99. The molecule has 4 nitrogen and oxygen atoms in total. The highest BCUT2D eigenvalue weighted by molar-refractivity contribution is 5.86. The fourth-order valence-electron chi connectivity index (χ4n) is 3.15. The van der Waals surface area contributed by atoms with Gasteiger partial charge in [-0.2, -0.15) is 0 Å². The van der Waals surface area contributed by atoms with Crippen molar-refractivity contribution in [1.82, 2.24) is 4.90 Å². The second-order valence-electron chi connectivity index (χ2n) is 5.68. The summed E-state index contributed by atoms with van der Waals surface area (Å²) in [5, 5.41) is 8.92. The number of carbonyl (C=O) groups is 2. The van der Waals surface area contributed by atoms with Gasteiger partial charge in [0, 0.05) is 19.5 Å². The summed E-state index contributed by atoms with van der Waals surface area (Å²) in [4.78, 5) is 24.3. The lowest BCUT2D eigenvalue weighted by Crippen LogP contribution is -2.33. The molecule has 0 aromatic carbocycles. The van der Waals surface area contributed by atoms with Gasteiger partial charge in [-0.15, -0.1) is 0 Å². The van der Waals surface area contributed by atoms with Crippen LogP contribution < -0.4 is 0 Å². The molecule has 3 unspecified atom stereocenters. The number of carbonyl (C=O) groups excluding carboxylic acids is 1. The molecule has 0 bridgehead atoms. The van der Waals surface area contributed by atoms with Crippen LogP contribution in [0.1, 0.15) is 39.0 Å². The first-order valence-corrected chi connectivity index (χ1v) is 6.57. The van der Waals surface area contributed by atoms with E-state index in [0.717, 1.165) is 12.5 Å². The summed E-state index contributed by atoms with van der Waals surface area (Å²) < 4.78 is 0. The minimum atomic E-state index is -0.835. The van der Waals surface area contributed by atoms with Crippen LogP contribution in [0.15, 0.2) is 0 Å². The average Bonchev–Trinajstić information content (AvgIpc) is 2.61. The summed E-state index contributed by atoms with van der Waals surface area (Å²) in [6, 6.07) is 0. The summed E-state index contributed by atoms with van der Waals surface area (Å²) in [6.07, 6.45) is 5.10. The van der Waals surface area contributed by atoms with Gasteiger partial charge in [-0.25, -0.2) is 0 Å². The van der Waals surface area contributed by atoms with Gasteiger partial charge in [0.15, 0.2) is 0 Å². The van der Waals surface area contributed by atoms with Gasteiger partial charge in [0.05, 0.1) is 5.92 Å². The van der Waals surface area contributed by atoms with Crippen molar-refractivity contribution in [3.05, 3.63) is 0 Å². The van der Waals surface area contributed by atoms with Crippen LogP contribution in [0.2, 0.25) is 0 Å². The zero-order chi connectivity index (χ0) is 12.4. The second-order valence-corrected chi connectivity index (χ2v) is 5.68. The third-order valence-corrected chi connectivity index (χ3v) is 4.09. The Morgan fingerprint density at radius 2 is 2.24 bits per heavy atom. The molecule has 1 saturated heterocycles. The second kappa shape index (κ2) is 5.07. The molecule has 0 aromatic heterocycles. The van der Waals surface area contributed by atoms with Crippen LogP contribution in [-0.4, -0.2) is 35.0 Å². The SMILES string of the molecule is CC1CCCC(CN2CC(C(=O)O)CC2=O)C1.